The summed E-state index contributed by atoms with van der Waals surface area (Å²) in [6.07, 6.45) is 3.85. The number of para-hydroxylation sites is 1. The molecule has 6 nitrogen and oxygen atoms in total. The van der Waals surface area contributed by atoms with Gasteiger partial charge in [0.2, 0.25) is 5.91 Å². The number of ether oxygens (including phenoxy) is 1. The third-order valence-corrected chi connectivity index (χ3v) is 4.73. The molecule has 1 aliphatic heterocycles. The molecule has 6 heteroatoms. The van der Waals surface area contributed by atoms with Crippen molar-refractivity contribution in [2.45, 2.75) is 19.3 Å². The number of pyridine rings is 1. The smallest absolute Gasteiger partial charge is 0.260 e. The number of carbonyl (C=O) groups is 2. The van der Waals surface area contributed by atoms with Gasteiger partial charge in [-0.25, -0.2) is 0 Å². The van der Waals surface area contributed by atoms with Gasteiger partial charge >= 0.3 is 0 Å². The Kier molecular flexibility index (Phi) is 6.79. The van der Waals surface area contributed by atoms with E-state index in [4.69, 9.17) is 4.74 Å². The number of benzene rings is 1. The van der Waals surface area contributed by atoms with Gasteiger partial charge in [-0.1, -0.05) is 24.3 Å². The molecule has 0 atom stereocenters. The highest BCUT2D eigenvalue weighted by atomic mass is 16.5. The number of amides is 2. The summed E-state index contributed by atoms with van der Waals surface area (Å²) in [6.45, 7) is 1.80. The van der Waals surface area contributed by atoms with Crippen LogP contribution in [0.25, 0.3) is 0 Å². The van der Waals surface area contributed by atoms with Gasteiger partial charge in [0.15, 0.2) is 6.61 Å². The average Bonchev–Trinajstić information content (AvgIpc) is 2.73. The fourth-order valence-corrected chi connectivity index (χ4v) is 3.15. The number of aromatic nitrogens is 1. The first-order chi connectivity index (χ1) is 13.2. The molecule has 0 unspecified atom stereocenters. The van der Waals surface area contributed by atoms with Crippen molar-refractivity contribution in [3.8, 4) is 5.75 Å². The number of nitrogens with zero attached hydrogens (tertiary/aromatic N) is 2. The quantitative estimate of drug-likeness (QED) is 0.813. The zero-order chi connectivity index (χ0) is 18.9. The largest absolute Gasteiger partial charge is 0.484 e. The van der Waals surface area contributed by atoms with Gasteiger partial charge in [0.1, 0.15) is 5.75 Å². The lowest BCUT2D eigenvalue weighted by Crippen LogP contribution is -2.44. The van der Waals surface area contributed by atoms with Crippen molar-refractivity contribution in [2.75, 3.05) is 26.2 Å². The van der Waals surface area contributed by atoms with Crippen molar-refractivity contribution in [1.82, 2.24) is 15.2 Å². The predicted molar refractivity (Wildman–Crippen MR) is 102 cm³/mol. The standard InChI is InChI=1S/C21H25N3O3/c25-20(16-27-19-7-2-1-3-8-19)24-14-10-17(11-15-24)21(26)23-13-9-18-6-4-5-12-22-18/h1-8,12,17H,9-11,13-16H2,(H,23,26). The van der Waals surface area contributed by atoms with E-state index in [1.54, 1.807) is 11.1 Å². The van der Waals surface area contributed by atoms with Gasteiger partial charge in [-0.3, -0.25) is 14.6 Å². The Morgan fingerprint density at radius 3 is 2.52 bits per heavy atom. The SMILES string of the molecule is O=C(NCCc1ccccn1)C1CCN(C(=O)COc2ccccc2)CC1. The zero-order valence-electron chi connectivity index (χ0n) is 15.3. The summed E-state index contributed by atoms with van der Waals surface area (Å²) in [5, 5.41) is 2.98. The summed E-state index contributed by atoms with van der Waals surface area (Å²) in [4.78, 5) is 30.6. The molecule has 1 N–H and O–H groups in total. The van der Waals surface area contributed by atoms with Gasteiger partial charge < -0.3 is 15.0 Å². The molecule has 1 aromatic carbocycles. The molecule has 2 heterocycles. The van der Waals surface area contributed by atoms with Crippen LogP contribution in [-0.2, 0) is 16.0 Å². The molecule has 0 bridgehead atoms. The van der Waals surface area contributed by atoms with Crippen molar-refractivity contribution < 1.29 is 14.3 Å². The second kappa shape index (κ2) is 9.71. The molecule has 142 valence electrons. The third-order valence-electron chi connectivity index (χ3n) is 4.73. The van der Waals surface area contributed by atoms with Crippen molar-refractivity contribution in [3.63, 3.8) is 0 Å². The molecular weight excluding hydrogens is 342 g/mol. The number of carbonyl (C=O) groups excluding carboxylic acids is 2. The Balaban J connectivity index is 1.35. The van der Waals surface area contributed by atoms with E-state index in [0.717, 1.165) is 12.1 Å². The highest BCUT2D eigenvalue weighted by molar-refractivity contribution is 5.80. The van der Waals surface area contributed by atoms with E-state index < -0.39 is 0 Å². The van der Waals surface area contributed by atoms with E-state index in [0.29, 0.717) is 38.2 Å². The summed E-state index contributed by atoms with van der Waals surface area (Å²) in [5.74, 6) is 0.687. The maximum absolute atomic E-state index is 12.3. The first-order valence-electron chi connectivity index (χ1n) is 9.35. The van der Waals surface area contributed by atoms with Gasteiger partial charge in [-0.05, 0) is 37.1 Å². The van der Waals surface area contributed by atoms with Crippen molar-refractivity contribution in [2.24, 2.45) is 5.92 Å². The van der Waals surface area contributed by atoms with Crippen LogP contribution < -0.4 is 10.1 Å². The molecule has 3 rings (SSSR count). The lowest BCUT2D eigenvalue weighted by atomic mass is 9.96. The first-order valence-corrected chi connectivity index (χ1v) is 9.35. The normalized spacial score (nSPS) is 14.6. The van der Waals surface area contributed by atoms with Crippen LogP contribution in [0.1, 0.15) is 18.5 Å². The second-order valence-electron chi connectivity index (χ2n) is 6.62. The lowest BCUT2D eigenvalue weighted by Gasteiger charge is -2.31. The number of hydrogen-bond acceptors (Lipinski definition) is 4. The Hall–Kier alpha value is -2.89. The van der Waals surface area contributed by atoms with Crippen molar-refractivity contribution >= 4 is 11.8 Å². The van der Waals surface area contributed by atoms with Crippen LogP contribution in [0.2, 0.25) is 0 Å². The number of rotatable bonds is 7. The molecule has 0 saturated carbocycles. The second-order valence-corrected chi connectivity index (χ2v) is 6.62. The zero-order valence-corrected chi connectivity index (χ0v) is 15.3. The van der Waals surface area contributed by atoms with Crippen molar-refractivity contribution in [3.05, 3.63) is 60.4 Å². The monoisotopic (exact) mass is 367 g/mol. The van der Waals surface area contributed by atoms with E-state index in [1.807, 2.05) is 48.5 Å². The topological polar surface area (TPSA) is 71.5 Å². The fourth-order valence-electron chi connectivity index (χ4n) is 3.15. The number of nitrogens with one attached hydrogen (secondary N) is 1. The summed E-state index contributed by atoms with van der Waals surface area (Å²) in [5.41, 5.74) is 0.969. The first kappa shape index (κ1) is 18.9. The van der Waals surface area contributed by atoms with Crippen LogP contribution in [-0.4, -0.2) is 47.9 Å². The van der Waals surface area contributed by atoms with Crippen LogP contribution in [0.5, 0.6) is 5.75 Å². The molecule has 0 aliphatic carbocycles. The molecule has 1 aromatic heterocycles. The van der Waals surface area contributed by atoms with Gasteiger partial charge in [-0.15, -0.1) is 0 Å². The van der Waals surface area contributed by atoms with Crippen LogP contribution in [0.15, 0.2) is 54.7 Å². The summed E-state index contributed by atoms with van der Waals surface area (Å²) >= 11 is 0. The molecule has 2 aromatic rings. The highest BCUT2D eigenvalue weighted by Gasteiger charge is 2.27. The molecule has 2 amide bonds. The van der Waals surface area contributed by atoms with Gasteiger partial charge in [0.05, 0.1) is 0 Å². The fraction of sp³-hybridized carbons (Fsp3) is 0.381. The Labute approximate surface area is 159 Å². The van der Waals surface area contributed by atoms with Crippen LogP contribution in [0.4, 0.5) is 0 Å². The molecule has 1 saturated heterocycles. The number of hydrogen-bond donors (Lipinski definition) is 1. The van der Waals surface area contributed by atoms with E-state index in [2.05, 4.69) is 10.3 Å². The van der Waals surface area contributed by atoms with E-state index in [9.17, 15) is 9.59 Å². The highest BCUT2D eigenvalue weighted by Crippen LogP contribution is 2.18. The number of piperidine rings is 1. The van der Waals surface area contributed by atoms with Crippen molar-refractivity contribution in [1.29, 1.82) is 0 Å². The van der Waals surface area contributed by atoms with E-state index in [-0.39, 0.29) is 24.3 Å². The summed E-state index contributed by atoms with van der Waals surface area (Å²) in [6, 6.07) is 15.1. The van der Waals surface area contributed by atoms with E-state index >= 15 is 0 Å². The molecule has 27 heavy (non-hydrogen) atoms. The molecule has 0 spiro atoms. The van der Waals surface area contributed by atoms with E-state index in [1.165, 1.54) is 0 Å². The molecule has 0 radical (unpaired) electrons. The van der Waals surface area contributed by atoms with Gasteiger partial charge in [0.25, 0.3) is 5.91 Å². The minimum Gasteiger partial charge on any atom is -0.484 e. The predicted octanol–water partition coefficient (Wildman–Crippen LogP) is 2.06. The van der Waals surface area contributed by atoms with Gasteiger partial charge in [0, 0.05) is 43.9 Å². The Bertz CT molecular complexity index is 729. The van der Waals surface area contributed by atoms with Crippen LogP contribution >= 0.6 is 0 Å². The summed E-state index contributed by atoms with van der Waals surface area (Å²) in [7, 11) is 0. The maximum Gasteiger partial charge on any atom is 0.260 e. The number of likely N-dealkylation sites (tertiary alicyclic amines) is 1. The molecule has 1 aliphatic rings. The Morgan fingerprint density at radius 2 is 1.81 bits per heavy atom. The van der Waals surface area contributed by atoms with Gasteiger partial charge in [-0.2, -0.15) is 0 Å². The maximum atomic E-state index is 12.3. The molecule has 1 fully saturated rings. The minimum absolute atomic E-state index is 0.0327. The van der Waals surface area contributed by atoms with Crippen LogP contribution in [0, 0.1) is 5.92 Å². The third kappa shape index (κ3) is 5.81. The lowest BCUT2D eigenvalue weighted by molar-refractivity contribution is -0.137. The minimum atomic E-state index is -0.0344. The summed E-state index contributed by atoms with van der Waals surface area (Å²) < 4.78 is 5.51. The Morgan fingerprint density at radius 1 is 1.07 bits per heavy atom. The van der Waals surface area contributed by atoms with Crippen LogP contribution in [0.3, 0.4) is 0 Å². The molecular formula is C21H25N3O3. The average molecular weight is 367 g/mol.